The molecule has 55 heavy (non-hydrogen) atoms. The molecule has 0 heterocycles. The number of amides is 1. The molecule has 0 rings (SSSR count). The molecular formula is C49H87NO5. The van der Waals surface area contributed by atoms with Crippen molar-refractivity contribution < 1.29 is 24.5 Å². The molecule has 0 radical (unpaired) electrons. The molecule has 0 bridgehead atoms. The minimum Gasteiger partial charge on any atom is -0.466 e. The van der Waals surface area contributed by atoms with Gasteiger partial charge in [-0.05, 0) is 89.9 Å². The molecule has 0 aromatic heterocycles. The van der Waals surface area contributed by atoms with Crippen LogP contribution in [-0.2, 0) is 14.3 Å². The Morgan fingerprint density at radius 1 is 0.527 bits per heavy atom. The van der Waals surface area contributed by atoms with Crippen LogP contribution in [-0.4, -0.2) is 47.4 Å². The molecule has 0 aliphatic rings. The summed E-state index contributed by atoms with van der Waals surface area (Å²) in [4.78, 5) is 24.3. The van der Waals surface area contributed by atoms with Gasteiger partial charge in [-0.25, -0.2) is 0 Å². The molecule has 0 aromatic rings. The van der Waals surface area contributed by atoms with E-state index < -0.39 is 12.1 Å². The van der Waals surface area contributed by atoms with Crippen molar-refractivity contribution in [2.45, 2.75) is 225 Å². The number of nitrogens with one attached hydrogen (secondary N) is 1. The van der Waals surface area contributed by atoms with Crippen LogP contribution in [0.15, 0.2) is 60.8 Å². The molecule has 318 valence electrons. The molecule has 2 unspecified atom stereocenters. The Balaban J connectivity index is 3.57. The lowest BCUT2D eigenvalue weighted by molar-refractivity contribution is -0.143. The number of unbranched alkanes of at least 4 members (excludes halogenated alkanes) is 23. The predicted molar refractivity (Wildman–Crippen MR) is 236 cm³/mol. The number of carbonyl (C=O) groups excluding carboxylic acids is 2. The highest BCUT2D eigenvalue weighted by atomic mass is 16.5. The first kappa shape index (κ1) is 52.6. The van der Waals surface area contributed by atoms with Crippen molar-refractivity contribution in [1.82, 2.24) is 5.32 Å². The van der Waals surface area contributed by atoms with Crippen LogP contribution in [0.5, 0.6) is 0 Å². The molecule has 0 spiro atoms. The van der Waals surface area contributed by atoms with Crippen LogP contribution in [0.4, 0.5) is 0 Å². The lowest BCUT2D eigenvalue weighted by Crippen LogP contribution is -2.45. The Morgan fingerprint density at radius 2 is 0.982 bits per heavy atom. The zero-order valence-electron chi connectivity index (χ0n) is 35.9. The number of rotatable bonds is 41. The highest BCUT2D eigenvalue weighted by Crippen LogP contribution is 2.12. The monoisotopic (exact) mass is 770 g/mol. The standard InChI is InChI=1S/C49H87NO5/c1-3-5-7-9-11-13-14-15-20-23-27-31-35-39-43-49(54)55-44-40-36-32-28-24-21-18-16-17-19-22-26-30-34-38-42-48(53)50-46(45-51)47(52)41-37-33-29-25-12-10-8-6-4-2/h9,11,14-16,18,21,24,37,41,46-47,51-52H,3-8,10,12-13,17,19-20,22-23,25-36,38-40,42-45H2,1-2H3,(H,50,53)/b11-9-,15-14-,18-16-,24-21-,41-37+. The average Bonchev–Trinajstić information content (AvgIpc) is 3.18. The van der Waals surface area contributed by atoms with E-state index in [-0.39, 0.29) is 18.5 Å². The molecule has 0 saturated heterocycles. The minimum absolute atomic E-state index is 0.0394. The van der Waals surface area contributed by atoms with Crippen molar-refractivity contribution in [3.05, 3.63) is 60.8 Å². The smallest absolute Gasteiger partial charge is 0.305 e. The first-order valence-electron chi connectivity index (χ1n) is 23.1. The summed E-state index contributed by atoms with van der Waals surface area (Å²) in [5, 5.41) is 22.8. The molecule has 0 fully saturated rings. The molecule has 6 heteroatoms. The van der Waals surface area contributed by atoms with Gasteiger partial charge in [-0.3, -0.25) is 9.59 Å². The Bertz CT molecular complexity index is 984. The quantitative estimate of drug-likeness (QED) is 0.0249. The zero-order valence-corrected chi connectivity index (χ0v) is 35.9. The summed E-state index contributed by atoms with van der Waals surface area (Å²) in [5.74, 6) is -0.136. The summed E-state index contributed by atoms with van der Waals surface area (Å²) in [5.41, 5.74) is 0. The second kappa shape index (κ2) is 44.3. The van der Waals surface area contributed by atoms with Gasteiger partial charge in [-0.2, -0.15) is 0 Å². The van der Waals surface area contributed by atoms with E-state index in [4.69, 9.17) is 4.74 Å². The van der Waals surface area contributed by atoms with E-state index in [0.717, 1.165) is 89.9 Å². The summed E-state index contributed by atoms with van der Waals surface area (Å²) in [6, 6.07) is -0.644. The lowest BCUT2D eigenvalue weighted by atomic mass is 10.1. The van der Waals surface area contributed by atoms with Crippen molar-refractivity contribution in [1.29, 1.82) is 0 Å². The third-order valence-corrected chi connectivity index (χ3v) is 10.0. The van der Waals surface area contributed by atoms with Gasteiger partial charge in [-0.15, -0.1) is 0 Å². The normalized spacial score (nSPS) is 13.3. The summed E-state index contributed by atoms with van der Waals surface area (Å²) in [6.45, 7) is 4.74. The van der Waals surface area contributed by atoms with Crippen molar-refractivity contribution in [2.24, 2.45) is 0 Å². The summed E-state index contributed by atoms with van der Waals surface area (Å²) in [7, 11) is 0. The first-order chi connectivity index (χ1) is 27.0. The van der Waals surface area contributed by atoms with Gasteiger partial charge in [0.05, 0.1) is 25.4 Å². The number of esters is 1. The van der Waals surface area contributed by atoms with E-state index in [1.165, 1.54) is 96.3 Å². The Morgan fingerprint density at radius 3 is 1.55 bits per heavy atom. The topological polar surface area (TPSA) is 95.9 Å². The van der Waals surface area contributed by atoms with Crippen LogP contribution in [0.2, 0.25) is 0 Å². The molecule has 0 saturated carbocycles. The van der Waals surface area contributed by atoms with Crippen LogP contribution in [0.1, 0.15) is 213 Å². The van der Waals surface area contributed by atoms with Gasteiger partial charge in [0.25, 0.3) is 0 Å². The Labute approximate surface area is 339 Å². The van der Waals surface area contributed by atoms with Crippen LogP contribution >= 0.6 is 0 Å². The van der Waals surface area contributed by atoms with Crippen LogP contribution in [0.3, 0.4) is 0 Å². The third-order valence-electron chi connectivity index (χ3n) is 10.0. The van der Waals surface area contributed by atoms with Gasteiger partial charge in [0.1, 0.15) is 0 Å². The van der Waals surface area contributed by atoms with Gasteiger partial charge in [-0.1, -0.05) is 171 Å². The van der Waals surface area contributed by atoms with Gasteiger partial charge >= 0.3 is 5.97 Å². The summed E-state index contributed by atoms with van der Waals surface area (Å²) >= 11 is 0. The molecule has 6 nitrogen and oxygen atoms in total. The third kappa shape index (κ3) is 41.0. The van der Waals surface area contributed by atoms with Gasteiger partial charge in [0.15, 0.2) is 0 Å². The maximum Gasteiger partial charge on any atom is 0.305 e. The number of carbonyl (C=O) groups is 2. The van der Waals surface area contributed by atoms with E-state index in [1.54, 1.807) is 6.08 Å². The molecule has 3 N–H and O–H groups in total. The van der Waals surface area contributed by atoms with Gasteiger partial charge in [0.2, 0.25) is 5.91 Å². The zero-order chi connectivity index (χ0) is 40.1. The maximum atomic E-state index is 12.3. The maximum absolute atomic E-state index is 12.3. The molecule has 0 aliphatic heterocycles. The lowest BCUT2D eigenvalue weighted by Gasteiger charge is -2.20. The number of allylic oxidation sites excluding steroid dienone is 9. The first-order valence-corrected chi connectivity index (χ1v) is 23.1. The van der Waals surface area contributed by atoms with E-state index in [2.05, 4.69) is 67.8 Å². The summed E-state index contributed by atoms with van der Waals surface area (Å²) in [6.07, 6.45) is 55.0. The number of hydrogen-bond acceptors (Lipinski definition) is 5. The highest BCUT2D eigenvalue weighted by Gasteiger charge is 2.18. The predicted octanol–water partition coefficient (Wildman–Crippen LogP) is 13.3. The fourth-order valence-electron chi connectivity index (χ4n) is 6.40. The van der Waals surface area contributed by atoms with Crippen molar-refractivity contribution in [2.75, 3.05) is 13.2 Å². The van der Waals surface area contributed by atoms with E-state index in [0.29, 0.717) is 19.4 Å². The average molecular weight is 770 g/mol. The number of ether oxygens (including phenoxy) is 1. The molecular weight excluding hydrogens is 683 g/mol. The molecule has 1 amide bonds. The van der Waals surface area contributed by atoms with E-state index in [9.17, 15) is 19.8 Å². The van der Waals surface area contributed by atoms with Gasteiger partial charge < -0.3 is 20.3 Å². The minimum atomic E-state index is -0.858. The van der Waals surface area contributed by atoms with Crippen LogP contribution < -0.4 is 5.32 Å². The van der Waals surface area contributed by atoms with Crippen molar-refractivity contribution >= 4 is 11.9 Å². The van der Waals surface area contributed by atoms with Crippen LogP contribution in [0.25, 0.3) is 0 Å². The number of hydrogen-bond donors (Lipinski definition) is 3. The molecule has 2 atom stereocenters. The SMILES string of the molecule is CCCC/C=C\C/C=C\CCCCCCCC(=O)OCCCCC/C=C\C=C/CCCCCCCCC(=O)NC(CO)C(O)/C=C/CCCCCCCCC. The van der Waals surface area contributed by atoms with Gasteiger partial charge in [0, 0.05) is 12.8 Å². The summed E-state index contributed by atoms with van der Waals surface area (Å²) < 4.78 is 5.42. The highest BCUT2D eigenvalue weighted by molar-refractivity contribution is 5.76. The number of aliphatic hydroxyl groups is 2. The molecule has 0 aliphatic carbocycles. The van der Waals surface area contributed by atoms with E-state index in [1.807, 2.05) is 6.08 Å². The molecule has 0 aromatic carbocycles. The fourth-order valence-corrected chi connectivity index (χ4v) is 6.40. The van der Waals surface area contributed by atoms with Crippen molar-refractivity contribution in [3.63, 3.8) is 0 Å². The number of aliphatic hydroxyl groups excluding tert-OH is 2. The van der Waals surface area contributed by atoms with E-state index >= 15 is 0 Å². The fraction of sp³-hybridized carbons (Fsp3) is 0.755. The second-order valence-corrected chi connectivity index (χ2v) is 15.4. The van der Waals surface area contributed by atoms with Crippen molar-refractivity contribution in [3.8, 4) is 0 Å². The second-order valence-electron chi connectivity index (χ2n) is 15.4. The Hall–Kier alpha value is -2.44. The Kier molecular flexibility index (Phi) is 42.3. The van der Waals surface area contributed by atoms with Crippen LogP contribution in [0, 0.1) is 0 Å². The largest absolute Gasteiger partial charge is 0.466 e.